The number of nitrogens with one attached hydrogen (secondary N) is 1. The van der Waals surface area contributed by atoms with Gasteiger partial charge in [-0.2, -0.15) is 0 Å². The molecule has 2 aromatic carbocycles. The van der Waals surface area contributed by atoms with Crippen molar-refractivity contribution in [3.05, 3.63) is 83.9 Å². The zero-order valence-electron chi connectivity index (χ0n) is 15.6. The number of fused-ring (bicyclic) bond motifs is 1. The van der Waals surface area contributed by atoms with E-state index < -0.39 is 24.2 Å². The summed E-state index contributed by atoms with van der Waals surface area (Å²) in [6.45, 7) is 3.99. The highest BCUT2D eigenvalue weighted by Gasteiger charge is 2.56. The summed E-state index contributed by atoms with van der Waals surface area (Å²) in [7, 11) is 0. The molecule has 3 atom stereocenters. The normalized spacial score (nSPS) is 23.2. The van der Waals surface area contributed by atoms with Gasteiger partial charge in [0.15, 0.2) is 12.1 Å². The summed E-state index contributed by atoms with van der Waals surface area (Å²) in [5.41, 5.74) is 2.30. The molecule has 29 heavy (non-hydrogen) atoms. The molecule has 2 saturated heterocycles. The van der Waals surface area contributed by atoms with Gasteiger partial charge >= 0.3 is 5.97 Å². The Bertz CT molecular complexity index is 895. The molecule has 2 aliphatic heterocycles. The summed E-state index contributed by atoms with van der Waals surface area (Å²) < 4.78 is 5.94. The fourth-order valence-corrected chi connectivity index (χ4v) is 4.99. The number of nitrogens with zero attached hydrogens (tertiary/aromatic N) is 1. The molecule has 2 amide bonds. The van der Waals surface area contributed by atoms with E-state index in [1.165, 1.54) is 16.7 Å². The van der Waals surface area contributed by atoms with Crippen molar-refractivity contribution in [2.24, 2.45) is 0 Å². The third-order valence-corrected chi connectivity index (χ3v) is 6.47. The van der Waals surface area contributed by atoms with Crippen molar-refractivity contribution in [1.29, 1.82) is 0 Å². The van der Waals surface area contributed by atoms with Gasteiger partial charge in [-0.3, -0.25) is 9.59 Å². The molecule has 2 heterocycles. The second kappa shape index (κ2) is 8.13. The van der Waals surface area contributed by atoms with Crippen molar-refractivity contribution >= 4 is 30.0 Å². The van der Waals surface area contributed by atoms with Crippen LogP contribution in [0.1, 0.15) is 17.2 Å². The summed E-state index contributed by atoms with van der Waals surface area (Å²) in [5.74, 6) is -0.295. The van der Waals surface area contributed by atoms with Gasteiger partial charge < -0.3 is 15.0 Å². The molecule has 7 heteroatoms. The van der Waals surface area contributed by atoms with Crippen LogP contribution in [0.3, 0.4) is 0 Å². The van der Waals surface area contributed by atoms with Crippen molar-refractivity contribution < 1.29 is 19.1 Å². The van der Waals surface area contributed by atoms with Gasteiger partial charge in [-0.1, -0.05) is 67.2 Å². The zero-order chi connectivity index (χ0) is 20.4. The van der Waals surface area contributed by atoms with Gasteiger partial charge in [0.1, 0.15) is 11.4 Å². The first-order valence-electron chi connectivity index (χ1n) is 9.23. The molecule has 0 radical (unpaired) electrons. The number of rotatable bonds is 6. The number of carbonyl (C=O) groups is 3. The van der Waals surface area contributed by atoms with Crippen LogP contribution < -0.4 is 5.32 Å². The van der Waals surface area contributed by atoms with Crippen LogP contribution in [-0.4, -0.2) is 46.4 Å². The maximum absolute atomic E-state index is 13.2. The van der Waals surface area contributed by atoms with Crippen LogP contribution in [0.15, 0.2) is 72.8 Å². The molecule has 4 rings (SSSR count). The van der Waals surface area contributed by atoms with Gasteiger partial charge in [0.05, 0.1) is 0 Å². The van der Waals surface area contributed by atoms with E-state index in [4.69, 9.17) is 4.74 Å². The van der Waals surface area contributed by atoms with Crippen LogP contribution >= 0.6 is 11.8 Å². The molecule has 2 unspecified atom stereocenters. The minimum absolute atomic E-state index is 0.289. The minimum Gasteiger partial charge on any atom is -0.451 e. The standard InChI is InChI=1S/C22H20N2O4S/c1-14-12-29-21-17(23-13-25)20(26)24(21)18(14)22(27)28-19(15-8-4-2-5-9-15)16-10-6-3-7-11-16/h2-11,13,17-19,21H,1,12H2,(H,23,25)/t17?,18?,21-/m0/s1. The number of β-lactam (4-membered cyclic amide) rings is 1. The Morgan fingerprint density at radius 1 is 1.14 bits per heavy atom. The Balaban J connectivity index is 1.60. The number of benzene rings is 2. The molecule has 2 aliphatic rings. The summed E-state index contributed by atoms with van der Waals surface area (Å²) in [6.07, 6.45) is -0.0797. The fraction of sp³-hybridized carbons (Fsp3) is 0.227. The Hall–Kier alpha value is -3.06. The summed E-state index contributed by atoms with van der Waals surface area (Å²) in [6, 6.07) is 17.5. The van der Waals surface area contributed by atoms with Crippen LogP contribution in [0.5, 0.6) is 0 Å². The molecule has 1 N–H and O–H groups in total. The lowest BCUT2D eigenvalue weighted by Crippen LogP contribution is -2.74. The van der Waals surface area contributed by atoms with Gasteiger partial charge in [0.2, 0.25) is 12.3 Å². The highest BCUT2D eigenvalue weighted by Crippen LogP contribution is 2.41. The Morgan fingerprint density at radius 3 is 2.28 bits per heavy atom. The van der Waals surface area contributed by atoms with Crippen LogP contribution in [0, 0.1) is 0 Å². The number of thioether (sulfide) groups is 1. The second-order valence-electron chi connectivity index (χ2n) is 6.91. The molecular weight excluding hydrogens is 388 g/mol. The van der Waals surface area contributed by atoms with E-state index in [0.29, 0.717) is 17.7 Å². The van der Waals surface area contributed by atoms with E-state index in [-0.39, 0.29) is 11.3 Å². The number of ether oxygens (including phenoxy) is 1. The van der Waals surface area contributed by atoms with Crippen LogP contribution in [-0.2, 0) is 19.1 Å². The lowest BCUT2D eigenvalue weighted by atomic mass is 9.98. The number of carbonyl (C=O) groups excluding carboxylic acids is 3. The van der Waals surface area contributed by atoms with Gasteiger partial charge in [-0.25, -0.2) is 4.79 Å². The monoisotopic (exact) mass is 408 g/mol. The molecular formula is C22H20N2O4S. The Labute approximate surface area is 172 Å². The summed E-state index contributed by atoms with van der Waals surface area (Å²) >= 11 is 1.48. The Morgan fingerprint density at radius 2 is 1.72 bits per heavy atom. The van der Waals surface area contributed by atoms with Crippen molar-refractivity contribution in [1.82, 2.24) is 10.2 Å². The lowest BCUT2D eigenvalue weighted by molar-refractivity contribution is -0.165. The molecule has 2 fully saturated rings. The van der Waals surface area contributed by atoms with Gasteiger partial charge in [-0.05, 0) is 16.7 Å². The van der Waals surface area contributed by atoms with E-state index in [0.717, 1.165) is 11.1 Å². The van der Waals surface area contributed by atoms with Crippen LogP contribution in [0.4, 0.5) is 0 Å². The highest BCUT2D eigenvalue weighted by molar-refractivity contribution is 8.00. The maximum atomic E-state index is 13.2. The van der Waals surface area contributed by atoms with Crippen molar-refractivity contribution in [2.45, 2.75) is 23.6 Å². The largest absolute Gasteiger partial charge is 0.451 e. The maximum Gasteiger partial charge on any atom is 0.334 e. The molecule has 0 bridgehead atoms. The van der Waals surface area contributed by atoms with Crippen molar-refractivity contribution in [3.63, 3.8) is 0 Å². The van der Waals surface area contributed by atoms with E-state index in [2.05, 4.69) is 11.9 Å². The lowest BCUT2D eigenvalue weighted by Gasteiger charge is -2.52. The average Bonchev–Trinajstić information content (AvgIpc) is 2.76. The van der Waals surface area contributed by atoms with Gasteiger partial charge in [-0.15, -0.1) is 11.8 Å². The first-order chi connectivity index (χ1) is 14.1. The number of esters is 1. The summed E-state index contributed by atoms with van der Waals surface area (Å²) in [4.78, 5) is 37.9. The van der Waals surface area contributed by atoms with E-state index >= 15 is 0 Å². The van der Waals surface area contributed by atoms with Crippen molar-refractivity contribution in [2.75, 3.05) is 5.75 Å². The second-order valence-corrected chi connectivity index (χ2v) is 8.01. The third-order valence-electron chi connectivity index (χ3n) is 5.09. The smallest absolute Gasteiger partial charge is 0.334 e. The molecule has 0 aliphatic carbocycles. The van der Waals surface area contributed by atoms with E-state index in [9.17, 15) is 14.4 Å². The highest BCUT2D eigenvalue weighted by atomic mass is 32.2. The van der Waals surface area contributed by atoms with Crippen LogP contribution in [0.2, 0.25) is 0 Å². The van der Waals surface area contributed by atoms with E-state index in [1.807, 2.05) is 60.7 Å². The van der Waals surface area contributed by atoms with Crippen molar-refractivity contribution in [3.8, 4) is 0 Å². The molecule has 0 spiro atoms. The number of hydrogen-bond donors (Lipinski definition) is 1. The SMILES string of the molecule is C=C1CS[C@H]2C(NC=O)C(=O)N2C1C(=O)OC(c1ccccc1)c1ccccc1. The van der Waals surface area contributed by atoms with Gasteiger partial charge in [0, 0.05) is 5.75 Å². The summed E-state index contributed by atoms with van der Waals surface area (Å²) in [5, 5.41) is 2.23. The molecule has 0 saturated carbocycles. The van der Waals surface area contributed by atoms with Crippen LogP contribution in [0.25, 0.3) is 0 Å². The molecule has 6 nitrogen and oxygen atoms in total. The topological polar surface area (TPSA) is 75.7 Å². The first-order valence-corrected chi connectivity index (χ1v) is 10.3. The predicted octanol–water partition coefficient (Wildman–Crippen LogP) is 2.27. The third kappa shape index (κ3) is 3.53. The minimum atomic E-state index is -0.853. The molecule has 148 valence electrons. The van der Waals surface area contributed by atoms with Gasteiger partial charge in [0.25, 0.3) is 0 Å². The number of hydrogen-bond acceptors (Lipinski definition) is 5. The molecule has 0 aromatic heterocycles. The number of amides is 2. The average molecular weight is 408 g/mol. The van der Waals surface area contributed by atoms with E-state index in [1.54, 1.807) is 0 Å². The first kappa shape index (κ1) is 19.3. The Kier molecular flexibility index (Phi) is 5.40. The fourth-order valence-electron chi connectivity index (χ4n) is 3.68. The zero-order valence-corrected chi connectivity index (χ0v) is 16.4. The quantitative estimate of drug-likeness (QED) is 0.344. The predicted molar refractivity (Wildman–Crippen MR) is 110 cm³/mol. The molecule has 2 aromatic rings.